The lowest BCUT2D eigenvalue weighted by atomic mass is 9.84. The summed E-state index contributed by atoms with van der Waals surface area (Å²) in [5, 5.41) is 8.99. The molecule has 27 heavy (non-hydrogen) atoms. The van der Waals surface area contributed by atoms with E-state index in [0.717, 1.165) is 56.6 Å². The van der Waals surface area contributed by atoms with Gasteiger partial charge in [0.2, 0.25) is 5.91 Å². The molecule has 138 valence electrons. The highest BCUT2D eigenvalue weighted by Gasteiger charge is 2.50. The maximum absolute atomic E-state index is 13.6. The predicted octanol–water partition coefficient (Wildman–Crippen LogP) is 4.03. The summed E-state index contributed by atoms with van der Waals surface area (Å²) in [5.74, 6) is 0.253. The maximum atomic E-state index is 13.6. The first kappa shape index (κ1) is 17.8. The largest absolute Gasteiger partial charge is 0.311 e. The maximum Gasteiger partial charge on any atom is 0.247 e. The fraction of sp³-hybridized carbons (Fsp3) is 0.391. The molecule has 4 heteroatoms. The van der Waals surface area contributed by atoms with Crippen molar-refractivity contribution in [2.24, 2.45) is 0 Å². The Bertz CT molecular complexity index is 866. The summed E-state index contributed by atoms with van der Waals surface area (Å²) in [6.07, 6.45) is 3.96. The Morgan fingerprint density at radius 1 is 1.00 bits per heavy atom. The fourth-order valence-electron chi connectivity index (χ4n) is 4.56. The molecule has 2 aliphatic heterocycles. The van der Waals surface area contributed by atoms with Gasteiger partial charge in [0.1, 0.15) is 5.54 Å². The lowest BCUT2D eigenvalue weighted by Crippen LogP contribution is -2.59. The first-order valence-corrected chi connectivity index (χ1v) is 9.75. The molecule has 0 saturated carbocycles. The highest BCUT2D eigenvalue weighted by atomic mass is 16.2. The van der Waals surface area contributed by atoms with Crippen LogP contribution >= 0.6 is 0 Å². The molecule has 2 aromatic carbocycles. The molecule has 4 nitrogen and oxygen atoms in total. The molecule has 2 fully saturated rings. The molecule has 4 rings (SSSR count). The second kappa shape index (κ2) is 7.17. The van der Waals surface area contributed by atoms with Gasteiger partial charge in [0.15, 0.2) is 0 Å². The van der Waals surface area contributed by atoms with Crippen LogP contribution in [0.2, 0.25) is 0 Å². The van der Waals surface area contributed by atoms with Crippen LogP contribution in [0.15, 0.2) is 48.5 Å². The van der Waals surface area contributed by atoms with Gasteiger partial charge < -0.3 is 4.90 Å². The van der Waals surface area contributed by atoms with Gasteiger partial charge in [-0.15, -0.1) is 0 Å². The number of rotatable bonds is 3. The van der Waals surface area contributed by atoms with E-state index in [1.54, 1.807) is 0 Å². The normalized spacial score (nSPS) is 23.0. The van der Waals surface area contributed by atoms with Crippen LogP contribution in [0.4, 0.5) is 5.69 Å². The summed E-state index contributed by atoms with van der Waals surface area (Å²) in [4.78, 5) is 17.9. The highest BCUT2D eigenvalue weighted by molar-refractivity contribution is 6.01. The molecule has 0 bridgehead atoms. The van der Waals surface area contributed by atoms with Crippen molar-refractivity contribution in [1.82, 2.24) is 4.90 Å². The lowest BCUT2D eigenvalue weighted by molar-refractivity contribution is -0.131. The minimum absolute atomic E-state index is 0.253. The van der Waals surface area contributed by atoms with Crippen molar-refractivity contribution in [3.8, 4) is 6.07 Å². The van der Waals surface area contributed by atoms with Crippen molar-refractivity contribution < 1.29 is 4.79 Å². The van der Waals surface area contributed by atoms with E-state index in [2.05, 4.69) is 42.2 Å². The molecule has 0 aromatic heterocycles. The van der Waals surface area contributed by atoms with Gasteiger partial charge in [-0.2, -0.15) is 5.26 Å². The number of carbonyl (C=O) groups is 1. The number of aryl methyl sites for hydroxylation is 1. The minimum Gasteiger partial charge on any atom is -0.311 e. The minimum atomic E-state index is -0.378. The van der Waals surface area contributed by atoms with Gasteiger partial charge in [-0.1, -0.05) is 29.8 Å². The molecule has 1 amide bonds. The number of carbonyl (C=O) groups excluding carboxylic acids is 1. The van der Waals surface area contributed by atoms with Crippen LogP contribution in [-0.2, 0) is 11.3 Å². The Morgan fingerprint density at radius 2 is 1.67 bits per heavy atom. The molecular weight excluding hydrogens is 334 g/mol. The van der Waals surface area contributed by atoms with Crippen molar-refractivity contribution in [3.63, 3.8) is 0 Å². The number of nitrogens with zero attached hydrogens (tertiary/aromatic N) is 3. The van der Waals surface area contributed by atoms with E-state index in [4.69, 9.17) is 5.26 Å². The molecule has 1 spiro atoms. The van der Waals surface area contributed by atoms with E-state index in [-0.39, 0.29) is 11.4 Å². The van der Waals surface area contributed by atoms with Crippen LogP contribution < -0.4 is 4.90 Å². The topological polar surface area (TPSA) is 47.3 Å². The number of benzene rings is 2. The molecule has 0 N–H and O–H groups in total. The van der Waals surface area contributed by atoms with Gasteiger partial charge in [0.05, 0.1) is 11.6 Å². The summed E-state index contributed by atoms with van der Waals surface area (Å²) in [6, 6.07) is 18.2. The number of likely N-dealkylation sites (tertiary alicyclic amines) is 1. The smallest absolute Gasteiger partial charge is 0.247 e. The second-order valence-corrected chi connectivity index (χ2v) is 7.76. The van der Waals surface area contributed by atoms with Crippen LogP contribution in [0.25, 0.3) is 0 Å². The quantitative estimate of drug-likeness (QED) is 0.831. The van der Waals surface area contributed by atoms with Crippen LogP contribution in [0.5, 0.6) is 0 Å². The zero-order valence-corrected chi connectivity index (χ0v) is 15.8. The number of amides is 1. The average Bonchev–Trinajstić information content (AvgIpc) is 3.08. The Labute approximate surface area is 161 Å². The van der Waals surface area contributed by atoms with Crippen LogP contribution in [0.3, 0.4) is 0 Å². The highest BCUT2D eigenvalue weighted by Crippen LogP contribution is 2.40. The zero-order valence-electron chi connectivity index (χ0n) is 15.8. The Hall–Kier alpha value is -2.64. The first-order chi connectivity index (χ1) is 13.1. The van der Waals surface area contributed by atoms with Crippen molar-refractivity contribution >= 4 is 11.6 Å². The monoisotopic (exact) mass is 359 g/mol. The van der Waals surface area contributed by atoms with Crippen LogP contribution in [-0.4, -0.2) is 29.4 Å². The van der Waals surface area contributed by atoms with Gasteiger partial charge in [-0.3, -0.25) is 9.69 Å². The van der Waals surface area contributed by atoms with Gasteiger partial charge in [0, 0.05) is 18.8 Å². The number of nitriles is 1. The molecule has 2 aliphatic rings. The lowest BCUT2D eigenvalue weighted by Gasteiger charge is -2.44. The van der Waals surface area contributed by atoms with E-state index in [9.17, 15) is 4.79 Å². The summed E-state index contributed by atoms with van der Waals surface area (Å²) < 4.78 is 0. The molecule has 2 heterocycles. The van der Waals surface area contributed by atoms with Crippen molar-refractivity contribution in [2.45, 2.75) is 44.7 Å². The number of anilines is 1. The Morgan fingerprint density at radius 3 is 2.33 bits per heavy atom. The third kappa shape index (κ3) is 3.24. The Kier molecular flexibility index (Phi) is 4.72. The first-order valence-electron chi connectivity index (χ1n) is 9.75. The Balaban J connectivity index is 1.58. The molecule has 2 saturated heterocycles. The van der Waals surface area contributed by atoms with Crippen LogP contribution in [0.1, 0.15) is 42.4 Å². The SMILES string of the molecule is Cc1ccc(N2CCCC3(CCCN3Cc3ccc(C#N)cc3)C2=O)cc1. The summed E-state index contributed by atoms with van der Waals surface area (Å²) in [5.41, 5.74) is 3.68. The van der Waals surface area contributed by atoms with E-state index in [1.807, 2.05) is 29.2 Å². The van der Waals surface area contributed by atoms with Crippen molar-refractivity contribution in [1.29, 1.82) is 5.26 Å². The number of hydrogen-bond donors (Lipinski definition) is 0. The zero-order chi connectivity index (χ0) is 18.9. The van der Waals surface area contributed by atoms with Crippen LogP contribution in [0, 0.1) is 18.3 Å². The molecular formula is C23H25N3O. The van der Waals surface area contributed by atoms with E-state index < -0.39 is 0 Å². The van der Waals surface area contributed by atoms with Crippen molar-refractivity contribution in [3.05, 3.63) is 65.2 Å². The summed E-state index contributed by atoms with van der Waals surface area (Å²) in [6.45, 7) is 4.58. The van der Waals surface area contributed by atoms with E-state index in [1.165, 1.54) is 5.56 Å². The van der Waals surface area contributed by atoms with Gasteiger partial charge in [-0.25, -0.2) is 0 Å². The average molecular weight is 359 g/mol. The van der Waals surface area contributed by atoms with E-state index in [0.29, 0.717) is 5.56 Å². The predicted molar refractivity (Wildman–Crippen MR) is 106 cm³/mol. The summed E-state index contributed by atoms with van der Waals surface area (Å²) >= 11 is 0. The molecule has 1 unspecified atom stereocenters. The van der Waals surface area contributed by atoms with Gasteiger partial charge >= 0.3 is 0 Å². The van der Waals surface area contributed by atoms with E-state index >= 15 is 0 Å². The third-order valence-corrected chi connectivity index (χ3v) is 6.04. The number of hydrogen-bond acceptors (Lipinski definition) is 3. The summed E-state index contributed by atoms with van der Waals surface area (Å²) in [7, 11) is 0. The second-order valence-electron chi connectivity index (χ2n) is 7.76. The van der Waals surface area contributed by atoms with Crippen molar-refractivity contribution in [2.75, 3.05) is 18.0 Å². The van der Waals surface area contributed by atoms with Gasteiger partial charge in [0.25, 0.3) is 0 Å². The third-order valence-electron chi connectivity index (χ3n) is 6.04. The molecule has 0 radical (unpaired) electrons. The molecule has 1 atom stereocenters. The van der Waals surface area contributed by atoms with Gasteiger partial charge in [-0.05, 0) is 69.0 Å². The standard InChI is InChI=1S/C23H25N3O/c1-18-4-10-21(11-5-18)26-15-3-13-23(22(26)27)12-2-14-25(23)17-20-8-6-19(16-24)7-9-20/h4-11H,2-3,12-15,17H2,1H3. The molecule has 2 aromatic rings. The fourth-order valence-corrected chi connectivity index (χ4v) is 4.56. The number of piperidine rings is 1. The molecule has 0 aliphatic carbocycles.